The Morgan fingerprint density at radius 1 is 0.600 bits per heavy atom. The Bertz CT molecular complexity index is 6.85. The van der Waals surface area contributed by atoms with Crippen LogP contribution in [0, 0.1) is 0 Å². The molecule has 0 aromatic heterocycles. The second kappa shape index (κ2) is 90.6. The summed E-state index contributed by atoms with van der Waals surface area (Å²) in [5.74, 6) is 0. The van der Waals surface area contributed by atoms with Crippen LogP contribution < -0.4 is 12.4 Å². The van der Waals surface area contributed by atoms with E-state index in [0.717, 1.165) is 0 Å². The molecule has 5 heteroatoms. The fourth-order valence-electron chi connectivity index (χ4n) is 0. The van der Waals surface area contributed by atoms with Crippen molar-refractivity contribution in [1.29, 1.82) is 0 Å². The van der Waals surface area contributed by atoms with Crippen LogP contribution in [0.3, 0.4) is 0 Å². The van der Waals surface area contributed by atoms with Crippen molar-refractivity contribution < 1.29 is 51.2 Å². The molecule has 0 heterocycles. The molecule has 0 aliphatic carbocycles. The zero-order chi connectivity index (χ0) is 0. The van der Waals surface area contributed by atoms with Gasteiger partial charge in [-0.15, -0.1) is 0 Å². The Hall–Kier alpha value is 0.910. The molecular formula is H6AuClO3. The Morgan fingerprint density at radius 2 is 0.600 bits per heavy atom. The summed E-state index contributed by atoms with van der Waals surface area (Å²) < 4.78 is 0. The topological polar surface area (TPSA) is 94.5 Å². The van der Waals surface area contributed by atoms with Crippen molar-refractivity contribution in [2.24, 2.45) is 0 Å². The SMILES string of the molecule is O.O.O.[Au+].[Cl-]. The van der Waals surface area contributed by atoms with Crippen LogP contribution in [0.15, 0.2) is 0 Å². The van der Waals surface area contributed by atoms with Crippen LogP contribution in [0.4, 0.5) is 0 Å². The predicted molar refractivity (Wildman–Crippen MR) is 10.8 cm³/mol. The standard InChI is InChI=1S/Au.ClH.3H2O/h;1H;3*1H2/q+1;;;;/p-1. The van der Waals surface area contributed by atoms with E-state index in [-0.39, 0.29) is 51.2 Å². The van der Waals surface area contributed by atoms with E-state index in [2.05, 4.69) is 0 Å². The van der Waals surface area contributed by atoms with Crippen LogP contribution in [0.25, 0.3) is 0 Å². The van der Waals surface area contributed by atoms with Gasteiger partial charge in [0.05, 0.1) is 0 Å². The van der Waals surface area contributed by atoms with E-state index in [9.17, 15) is 0 Å². The molecule has 0 spiro atoms. The first-order chi connectivity index (χ1) is 0. The van der Waals surface area contributed by atoms with Crippen molar-refractivity contribution in [3.63, 3.8) is 0 Å². The van der Waals surface area contributed by atoms with E-state index >= 15 is 0 Å². The molecule has 5 heavy (non-hydrogen) atoms. The summed E-state index contributed by atoms with van der Waals surface area (Å²) in [6, 6.07) is 0. The fourth-order valence-corrected chi connectivity index (χ4v) is 0. The number of hydrogen-bond acceptors (Lipinski definition) is 0. The van der Waals surface area contributed by atoms with Crippen molar-refractivity contribution in [3.05, 3.63) is 0 Å². The van der Waals surface area contributed by atoms with Crippen molar-refractivity contribution in [2.75, 3.05) is 0 Å². The van der Waals surface area contributed by atoms with E-state index in [1.807, 2.05) is 0 Å². The van der Waals surface area contributed by atoms with Gasteiger partial charge in [0.1, 0.15) is 0 Å². The molecule has 0 atom stereocenters. The first-order valence-electron chi connectivity index (χ1n) is 0. The Morgan fingerprint density at radius 3 is 0.600 bits per heavy atom. The summed E-state index contributed by atoms with van der Waals surface area (Å²) in [5.41, 5.74) is 0. The molecule has 0 saturated heterocycles. The first kappa shape index (κ1) is 172. The van der Waals surface area contributed by atoms with Gasteiger partial charge in [0.15, 0.2) is 0 Å². The maximum atomic E-state index is 0. The molecule has 0 aliphatic heterocycles. The average molecular weight is 286 g/mol. The second-order valence-corrected chi connectivity index (χ2v) is 0. The Kier molecular flexibility index (Phi) is 3120. The maximum absolute atomic E-state index is 0. The maximum Gasteiger partial charge on any atom is 1.00 e. The van der Waals surface area contributed by atoms with Crippen molar-refractivity contribution in [1.82, 2.24) is 0 Å². The smallest absolute Gasteiger partial charge is 1.00 e. The van der Waals surface area contributed by atoms with Crippen LogP contribution in [0.2, 0.25) is 0 Å². The zero-order valence-electron chi connectivity index (χ0n) is 2.18. The van der Waals surface area contributed by atoms with Crippen LogP contribution in [0.5, 0.6) is 0 Å². The first-order valence-corrected chi connectivity index (χ1v) is 0. The van der Waals surface area contributed by atoms with Gasteiger partial charge < -0.3 is 28.8 Å². The summed E-state index contributed by atoms with van der Waals surface area (Å²) in [5, 5.41) is 0. The summed E-state index contributed by atoms with van der Waals surface area (Å²) in [7, 11) is 0. The summed E-state index contributed by atoms with van der Waals surface area (Å²) >= 11 is 0. The normalized spacial score (nSPS) is 0. The monoisotopic (exact) mass is 286 g/mol. The van der Waals surface area contributed by atoms with Crippen LogP contribution in [-0.2, 0) is 22.4 Å². The molecule has 3 nitrogen and oxygen atoms in total. The minimum Gasteiger partial charge on any atom is -1.00 e. The molecule has 42 valence electrons. The van der Waals surface area contributed by atoms with E-state index in [1.165, 1.54) is 0 Å². The van der Waals surface area contributed by atoms with Crippen molar-refractivity contribution in [2.45, 2.75) is 0 Å². The Balaban J connectivity index is 0. The average Bonchev–Trinajstić information content (AvgIpc) is 0. The fraction of sp³-hybridized carbons (Fsp3) is 0. The van der Waals surface area contributed by atoms with Gasteiger partial charge in [-0.2, -0.15) is 0 Å². The summed E-state index contributed by atoms with van der Waals surface area (Å²) in [6.45, 7) is 0. The van der Waals surface area contributed by atoms with Gasteiger partial charge in [-0.25, -0.2) is 0 Å². The van der Waals surface area contributed by atoms with Gasteiger partial charge in [-0.1, -0.05) is 0 Å². The molecule has 0 bridgehead atoms. The largest absolute Gasteiger partial charge is 1.00 e. The van der Waals surface area contributed by atoms with Gasteiger partial charge >= 0.3 is 22.4 Å². The molecule has 0 radical (unpaired) electrons. The van der Waals surface area contributed by atoms with Gasteiger partial charge in [0.25, 0.3) is 0 Å². The number of rotatable bonds is 0. The molecule has 0 aromatic rings. The van der Waals surface area contributed by atoms with Gasteiger partial charge in [0.2, 0.25) is 0 Å². The van der Waals surface area contributed by atoms with Crippen molar-refractivity contribution >= 4 is 0 Å². The molecule has 0 fully saturated rings. The number of halogens is 1. The Labute approximate surface area is 51.6 Å². The van der Waals surface area contributed by atoms with Crippen LogP contribution in [-0.4, -0.2) is 16.4 Å². The van der Waals surface area contributed by atoms with E-state index in [0.29, 0.717) is 0 Å². The predicted octanol–water partition coefficient (Wildman–Crippen LogP) is -5.47. The van der Waals surface area contributed by atoms with Gasteiger partial charge in [-0.3, -0.25) is 0 Å². The quantitative estimate of drug-likeness (QED) is 0.397. The third-order valence-corrected chi connectivity index (χ3v) is 0. The molecule has 6 N–H and O–H groups in total. The minimum absolute atomic E-state index is 0. The van der Waals surface area contributed by atoms with E-state index < -0.39 is 0 Å². The summed E-state index contributed by atoms with van der Waals surface area (Å²) in [6.07, 6.45) is 0. The van der Waals surface area contributed by atoms with E-state index in [1.54, 1.807) is 0 Å². The third-order valence-electron chi connectivity index (χ3n) is 0. The minimum atomic E-state index is 0. The molecular weight excluding hydrogens is 280 g/mol. The van der Waals surface area contributed by atoms with E-state index in [4.69, 9.17) is 0 Å². The molecule has 0 saturated carbocycles. The van der Waals surface area contributed by atoms with Crippen LogP contribution in [0.1, 0.15) is 0 Å². The molecule has 0 aromatic carbocycles. The number of hydrogen-bond donors (Lipinski definition) is 0. The summed E-state index contributed by atoms with van der Waals surface area (Å²) in [4.78, 5) is 0. The van der Waals surface area contributed by atoms with Gasteiger partial charge in [-0.05, 0) is 0 Å². The molecule has 0 aliphatic rings. The zero-order valence-corrected chi connectivity index (χ0v) is 5.10. The molecule has 0 rings (SSSR count). The molecule has 0 amide bonds. The second-order valence-electron chi connectivity index (χ2n) is 0. The third kappa shape index (κ3) is 50.2. The van der Waals surface area contributed by atoms with Gasteiger partial charge in [0, 0.05) is 0 Å². The molecule has 0 unspecified atom stereocenters. The van der Waals surface area contributed by atoms with Crippen molar-refractivity contribution in [3.8, 4) is 0 Å². The van der Waals surface area contributed by atoms with Crippen LogP contribution >= 0.6 is 0 Å².